The first-order valence-electron chi connectivity index (χ1n) is 9.43. The average Bonchev–Trinajstić information content (AvgIpc) is 2.75. The summed E-state index contributed by atoms with van der Waals surface area (Å²) in [6.45, 7) is 1.88. The van der Waals surface area contributed by atoms with Crippen LogP contribution in [0.4, 0.5) is 11.4 Å². The predicted molar refractivity (Wildman–Crippen MR) is 130 cm³/mol. The number of carbonyl (C=O) groups excluding carboxylic acids is 2. The second-order valence-corrected chi connectivity index (χ2v) is 7.52. The predicted octanol–water partition coefficient (Wildman–Crippen LogP) is 5.43. The summed E-state index contributed by atoms with van der Waals surface area (Å²) < 4.78 is 0. The molecular weight excluding hydrogens is 430 g/mol. The molecule has 3 aromatic rings. The number of halogens is 1. The minimum Gasteiger partial charge on any atom is -0.332 e. The Labute approximate surface area is 191 Å². The van der Waals surface area contributed by atoms with Crippen molar-refractivity contribution in [3.8, 4) is 0 Å². The maximum Gasteiger partial charge on any atom is 0.255 e. The Morgan fingerprint density at radius 2 is 1.65 bits per heavy atom. The molecule has 5 nitrogen and oxygen atoms in total. The fourth-order valence-electron chi connectivity index (χ4n) is 2.73. The highest BCUT2D eigenvalue weighted by Crippen LogP contribution is 2.20. The summed E-state index contributed by atoms with van der Waals surface area (Å²) >= 11 is 11.1. The molecule has 3 N–H and O–H groups in total. The number of benzene rings is 3. The number of anilines is 2. The summed E-state index contributed by atoms with van der Waals surface area (Å²) in [5, 5.41) is 9.26. The van der Waals surface area contributed by atoms with Crippen LogP contribution in [-0.4, -0.2) is 16.9 Å². The zero-order valence-corrected chi connectivity index (χ0v) is 18.3. The molecule has 0 atom stereocenters. The Morgan fingerprint density at radius 1 is 0.935 bits per heavy atom. The Hall–Kier alpha value is -3.48. The summed E-state index contributed by atoms with van der Waals surface area (Å²) in [6, 6.07) is 21.5. The van der Waals surface area contributed by atoms with Crippen molar-refractivity contribution in [1.82, 2.24) is 5.32 Å². The van der Waals surface area contributed by atoms with Crippen LogP contribution in [0.2, 0.25) is 5.02 Å². The fourth-order valence-corrected chi connectivity index (χ4v) is 3.07. The van der Waals surface area contributed by atoms with E-state index in [1.54, 1.807) is 42.5 Å². The van der Waals surface area contributed by atoms with E-state index in [0.717, 1.165) is 11.1 Å². The van der Waals surface area contributed by atoms with Crippen LogP contribution in [0.5, 0.6) is 0 Å². The van der Waals surface area contributed by atoms with Gasteiger partial charge in [-0.3, -0.25) is 14.9 Å². The molecule has 0 aliphatic heterocycles. The normalized spacial score (nSPS) is 10.5. The van der Waals surface area contributed by atoms with Gasteiger partial charge in [0.25, 0.3) is 5.91 Å². The van der Waals surface area contributed by atoms with E-state index in [-0.39, 0.29) is 16.9 Å². The molecule has 3 aromatic carbocycles. The van der Waals surface area contributed by atoms with Gasteiger partial charge in [-0.15, -0.1) is 0 Å². The second-order valence-electron chi connectivity index (χ2n) is 6.68. The van der Waals surface area contributed by atoms with Crippen molar-refractivity contribution in [2.24, 2.45) is 0 Å². The lowest BCUT2D eigenvalue weighted by molar-refractivity contribution is -0.115. The van der Waals surface area contributed by atoms with Crippen LogP contribution in [-0.2, 0) is 4.79 Å². The smallest absolute Gasteiger partial charge is 0.255 e. The highest BCUT2D eigenvalue weighted by molar-refractivity contribution is 7.80. The molecule has 0 saturated heterocycles. The van der Waals surface area contributed by atoms with Crippen molar-refractivity contribution in [3.05, 3.63) is 101 Å². The highest BCUT2D eigenvalue weighted by atomic mass is 35.5. The zero-order chi connectivity index (χ0) is 22.2. The summed E-state index contributed by atoms with van der Waals surface area (Å²) in [6.07, 6.45) is 3.06. The monoisotopic (exact) mass is 449 g/mol. The minimum absolute atomic E-state index is 0.172. The molecule has 2 amide bonds. The molecule has 0 aliphatic carbocycles. The number of nitrogens with one attached hydrogen (secondary N) is 3. The van der Waals surface area contributed by atoms with E-state index in [4.69, 9.17) is 23.8 Å². The van der Waals surface area contributed by atoms with Gasteiger partial charge in [-0.1, -0.05) is 41.9 Å². The molecule has 0 heterocycles. The van der Waals surface area contributed by atoms with Crippen molar-refractivity contribution in [3.63, 3.8) is 0 Å². The van der Waals surface area contributed by atoms with Crippen molar-refractivity contribution >= 4 is 58.2 Å². The summed E-state index contributed by atoms with van der Waals surface area (Å²) in [4.78, 5) is 24.4. The van der Waals surface area contributed by atoms with Crippen molar-refractivity contribution in [2.75, 3.05) is 10.6 Å². The minimum atomic E-state index is -0.351. The maximum atomic E-state index is 12.3. The highest BCUT2D eigenvalue weighted by Gasteiger charge is 2.08. The molecule has 0 spiro atoms. The van der Waals surface area contributed by atoms with Crippen LogP contribution >= 0.6 is 23.8 Å². The van der Waals surface area contributed by atoms with Crippen LogP contribution in [0.15, 0.2) is 78.9 Å². The lowest BCUT2D eigenvalue weighted by atomic mass is 10.1. The van der Waals surface area contributed by atoms with Gasteiger partial charge in [-0.05, 0) is 78.8 Å². The molecule has 0 aliphatic rings. The number of rotatable bonds is 5. The van der Waals surface area contributed by atoms with Crippen molar-refractivity contribution in [1.29, 1.82) is 0 Å². The molecule has 0 aromatic heterocycles. The third-order valence-corrected chi connectivity index (χ3v) is 4.76. The summed E-state index contributed by atoms with van der Waals surface area (Å²) in [5.74, 6) is -0.532. The van der Waals surface area contributed by atoms with Gasteiger partial charge < -0.3 is 10.6 Å². The van der Waals surface area contributed by atoms with Gasteiger partial charge in [0.1, 0.15) is 0 Å². The van der Waals surface area contributed by atoms with Crippen LogP contribution in [0.3, 0.4) is 0 Å². The first kappa shape index (κ1) is 22.2. The van der Waals surface area contributed by atoms with Gasteiger partial charge in [-0.2, -0.15) is 0 Å². The topological polar surface area (TPSA) is 70.2 Å². The molecule has 0 fully saturated rings. The molecule has 3 rings (SSSR count). The number of aryl methyl sites for hydroxylation is 1. The maximum absolute atomic E-state index is 12.3. The standard InChI is InChI=1S/C24H20ClN3O2S/c1-16-15-20(12-13-21(16)27-23(30)18-5-3-2-4-6-18)26-24(31)28-22(29)14-9-17-7-10-19(25)11-8-17/h2-15H,1H3,(H,27,30)(H2,26,28,29,31)/b14-9+. The van der Waals surface area contributed by atoms with Crippen LogP contribution < -0.4 is 16.0 Å². The van der Waals surface area contributed by atoms with Crippen LogP contribution in [0, 0.1) is 6.92 Å². The quantitative estimate of drug-likeness (QED) is 0.359. The van der Waals surface area contributed by atoms with Gasteiger partial charge in [0.15, 0.2) is 5.11 Å². The largest absolute Gasteiger partial charge is 0.332 e. The van der Waals surface area contributed by atoms with E-state index < -0.39 is 0 Å². The third-order valence-electron chi connectivity index (χ3n) is 4.30. The Balaban J connectivity index is 1.55. The number of carbonyl (C=O) groups is 2. The van der Waals surface area contributed by atoms with Crippen LogP contribution in [0.25, 0.3) is 6.08 Å². The molecule has 0 radical (unpaired) electrons. The summed E-state index contributed by atoms with van der Waals surface area (Å²) in [5.41, 5.74) is 3.68. The molecule has 0 bridgehead atoms. The SMILES string of the molecule is Cc1cc(NC(=S)NC(=O)/C=C/c2ccc(Cl)cc2)ccc1NC(=O)c1ccccc1. The second kappa shape index (κ2) is 10.5. The van der Waals surface area contributed by atoms with E-state index in [2.05, 4.69) is 16.0 Å². The Bertz CT molecular complexity index is 1130. The third kappa shape index (κ3) is 6.77. The van der Waals surface area contributed by atoms with E-state index in [9.17, 15) is 9.59 Å². The van der Waals surface area contributed by atoms with Gasteiger partial charge in [0.05, 0.1) is 0 Å². The Morgan fingerprint density at radius 3 is 2.32 bits per heavy atom. The number of hydrogen-bond donors (Lipinski definition) is 3. The van der Waals surface area contributed by atoms with Gasteiger partial charge >= 0.3 is 0 Å². The number of hydrogen-bond acceptors (Lipinski definition) is 3. The molecule has 0 unspecified atom stereocenters. The number of amides is 2. The average molecular weight is 450 g/mol. The molecule has 156 valence electrons. The Kier molecular flexibility index (Phi) is 7.54. The van der Waals surface area contributed by atoms with Crippen molar-refractivity contribution in [2.45, 2.75) is 6.92 Å². The van der Waals surface area contributed by atoms with Crippen molar-refractivity contribution < 1.29 is 9.59 Å². The molecule has 0 saturated carbocycles. The fraction of sp³-hybridized carbons (Fsp3) is 0.0417. The van der Waals surface area contributed by atoms with E-state index in [1.165, 1.54) is 6.08 Å². The van der Waals surface area contributed by atoms with E-state index in [0.29, 0.717) is 22.0 Å². The van der Waals surface area contributed by atoms with Gasteiger partial charge in [0.2, 0.25) is 5.91 Å². The molecule has 7 heteroatoms. The zero-order valence-electron chi connectivity index (χ0n) is 16.7. The summed E-state index contributed by atoms with van der Waals surface area (Å²) in [7, 11) is 0. The van der Waals surface area contributed by atoms with Gasteiger partial charge in [-0.25, -0.2) is 0 Å². The van der Waals surface area contributed by atoms with Crippen LogP contribution in [0.1, 0.15) is 21.5 Å². The number of thiocarbonyl (C=S) groups is 1. The lowest BCUT2D eigenvalue weighted by Gasteiger charge is -2.12. The molecule has 31 heavy (non-hydrogen) atoms. The first-order valence-corrected chi connectivity index (χ1v) is 10.2. The van der Waals surface area contributed by atoms with E-state index >= 15 is 0 Å². The van der Waals surface area contributed by atoms with E-state index in [1.807, 2.05) is 43.3 Å². The van der Waals surface area contributed by atoms with Gasteiger partial charge in [0, 0.05) is 28.0 Å². The first-order chi connectivity index (χ1) is 14.9. The molecular formula is C24H20ClN3O2S. The lowest BCUT2D eigenvalue weighted by Crippen LogP contribution is -2.32.